The Balaban J connectivity index is 1.34. The van der Waals surface area contributed by atoms with Crippen LogP contribution in [0.4, 0.5) is 0 Å². The van der Waals surface area contributed by atoms with Crippen molar-refractivity contribution < 1.29 is 14.1 Å². The van der Waals surface area contributed by atoms with Gasteiger partial charge in [0.1, 0.15) is 5.75 Å². The molecule has 1 aromatic heterocycles. The summed E-state index contributed by atoms with van der Waals surface area (Å²) in [6.07, 6.45) is 0. The number of carbonyl (C=O) groups excluding carboxylic acids is 1. The summed E-state index contributed by atoms with van der Waals surface area (Å²) in [5.74, 6) is 1.87. The van der Waals surface area contributed by atoms with E-state index >= 15 is 0 Å². The highest BCUT2D eigenvalue weighted by Crippen LogP contribution is 2.21. The van der Waals surface area contributed by atoms with Gasteiger partial charge >= 0.3 is 0 Å². The molecule has 150 valence electrons. The zero-order chi connectivity index (χ0) is 20.2. The second-order valence-corrected chi connectivity index (χ2v) is 7.74. The number of piperazine rings is 1. The van der Waals surface area contributed by atoms with Gasteiger partial charge in [0.2, 0.25) is 11.7 Å². The summed E-state index contributed by atoms with van der Waals surface area (Å²) in [7, 11) is 1.60. The average molecular weight is 457 g/mol. The first-order chi connectivity index (χ1) is 14.1. The first-order valence-corrected chi connectivity index (χ1v) is 10.2. The van der Waals surface area contributed by atoms with E-state index in [-0.39, 0.29) is 5.91 Å². The quantitative estimate of drug-likeness (QED) is 0.585. The Morgan fingerprint density at radius 1 is 1.14 bits per heavy atom. The number of carbonyl (C=O) groups is 1. The minimum Gasteiger partial charge on any atom is -0.497 e. The van der Waals surface area contributed by atoms with Crippen LogP contribution >= 0.6 is 15.9 Å². The molecule has 0 N–H and O–H groups in total. The molecule has 2 heterocycles. The lowest BCUT2D eigenvalue weighted by Gasteiger charge is -2.34. The van der Waals surface area contributed by atoms with Crippen molar-refractivity contribution in [3.63, 3.8) is 0 Å². The number of ether oxygens (including phenoxy) is 1. The molecule has 2 aromatic carbocycles. The smallest absolute Gasteiger partial charge is 0.254 e. The number of methoxy groups -OCH3 is 1. The van der Waals surface area contributed by atoms with Gasteiger partial charge < -0.3 is 14.2 Å². The first-order valence-electron chi connectivity index (χ1n) is 9.36. The molecule has 3 aromatic rings. The fraction of sp³-hybridized carbons (Fsp3) is 0.286. The monoisotopic (exact) mass is 456 g/mol. The van der Waals surface area contributed by atoms with Gasteiger partial charge in [-0.15, -0.1) is 0 Å². The number of halogens is 1. The lowest BCUT2D eigenvalue weighted by atomic mass is 10.1. The van der Waals surface area contributed by atoms with Crippen LogP contribution in [-0.2, 0) is 6.54 Å². The molecule has 0 unspecified atom stereocenters. The summed E-state index contributed by atoms with van der Waals surface area (Å²) in [4.78, 5) is 21.3. The molecule has 7 nitrogen and oxygen atoms in total. The van der Waals surface area contributed by atoms with Crippen molar-refractivity contribution in [1.29, 1.82) is 0 Å². The van der Waals surface area contributed by atoms with Crippen molar-refractivity contribution in [3.8, 4) is 17.1 Å². The van der Waals surface area contributed by atoms with E-state index in [1.807, 2.05) is 47.4 Å². The topological polar surface area (TPSA) is 71.7 Å². The fourth-order valence-electron chi connectivity index (χ4n) is 3.30. The average Bonchev–Trinajstić information content (AvgIpc) is 3.22. The lowest BCUT2D eigenvalue weighted by molar-refractivity contribution is 0.0615. The number of hydrogen-bond donors (Lipinski definition) is 0. The highest BCUT2D eigenvalue weighted by molar-refractivity contribution is 9.10. The third kappa shape index (κ3) is 4.65. The van der Waals surface area contributed by atoms with Crippen LogP contribution in [0.2, 0.25) is 0 Å². The Hall–Kier alpha value is -2.71. The van der Waals surface area contributed by atoms with Gasteiger partial charge in [0, 0.05) is 41.8 Å². The number of hydrogen-bond acceptors (Lipinski definition) is 6. The predicted octanol–water partition coefficient (Wildman–Crippen LogP) is 3.47. The van der Waals surface area contributed by atoms with Crippen LogP contribution in [-0.4, -0.2) is 59.1 Å². The van der Waals surface area contributed by atoms with Gasteiger partial charge in [-0.25, -0.2) is 0 Å². The minimum atomic E-state index is 0.0262. The molecule has 0 bridgehead atoms. The predicted molar refractivity (Wildman–Crippen MR) is 112 cm³/mol. The van der Waals surface area contributed by atoms with Crippen LogP contribution in [0.5, 0.6) is 5.75 Å². The molecule has 0 aliphatic carbocycles. The summed E-state index contributed by atoms with van der Waals surface area (Å²) in [6, 6.07) is 15.1. The highest BCUT2D eigenvalue weighted by Gasteiger charge is 2.23. The Kier molecular flexibility index (Phi) is 5.92. The molecule has 0 atom stereocenters. The van der Waals surface area contributed by atoms with Gasteiger partial charge in [-0.1, -0.05) is 39.3 Å². The van der Waals surface area contributed by atoms with Crippen molar-refractivity contribution in [1.82, 2.24) is 19.9 Å². The number of aromatic nitrogens is 2. The number of amides is 1. The molecule has 1 fully saturated rings. The summed E-state index contributed by atoms with van der Waals surface area (Å²) in [6.45, 7) is 3.39. The van der Waals surface area contributed by atoms with Gasteiger partial charge in [-0.05, 0) is 30.3 Å². The molecule has 4 rings (SSSR count). The second-order valence-electron chi connectivity index (χ2n) is 6.82. The van der Waals surface area contributed by atoms with E-state index in [9.17, 15) is 4.79 Å². The minimum absolute atomic E-state index is 0.0262. The number of nitrogens with zero attached hydrogens (tertiary/aromatic N) is 4. The first kappa shape index (κ1) is 19.6. The molecule has 0 radical (unpaired) electrons. The van der Waals surface area contributed by atoms with E-state index < -0.39 is 0 Å². The molecule has 1 aliphatic heterocycles. The van der Waals surface area contributed by atoms with Crippen LogP contribution in [0.3, 0.4) is 0 Å². The van der Waals surface area contributed by atoms with Crippen molar-refractivity contribution in [3.05, 3.63) is 64.5 Å². The highest BCUT2D eigenvalue weighted by atomic mass is 79.9. The summed E-state index contributed by atoms with van der Waals surface area (Å²) >= 11 is 3.45. The van der Waals surface area contributed by atoms with Gasteiger partial charge in [0.15, 0.2) is 0 Å². The van der Waals surface area contributed by atoms with Crippen molar-refractivity contribution in [2.45, 2.75) is 6.54 Å². The van der Waals surface area contributed by atoms with Gasteiger partial charge in [-0.3, -0.25) is 9.69 Å². The number of benzene rings is 2. The Morgan fingerprint density at radius 2 is 1.93 bits per heavy atom. The Morgan fingerprint density at radius 3 is 2.69 bits per heavy atom. The molecule has 0 spiro atoms. The molecule has 1 saturated heterocycles. The Labute approximate surface area is 177 Å². The zero-order valence-electron chi connectivity index (χ0n) is 16.0. The van der Waals surface area contributed by atoms with Crippen LogP contribution in [0, 0.1) is 0 Å². The van der Waals surface area contributed by atoms with Crippen LogP contribution in [0.25, 0.3) is 11.4 Å². The fourth-order valence-corrected chi connectivity index (χ4v) is 3.70. The largest absolute Gasteiger partial charge is 0.497 e. The summed E-state index contributed by atoms with van der Waals surface area (Å²) in [5, 5.41) is 4.08. The third-order valence-corrected chi connectivity index (χ3v) is 5.38. The van der Waals surface area contributed by atoms with Gasteiger partial charge in [0.25, 0.3) is 5.91 Å². The van der Waals surface area contributed by atoms with Crippen LogP contribution < -0.4 is 4.74 Å². The molecule has 1 aliphatic rings. The third-order valence-electron chi connectivity index (χ3n) is 4.89. The van der Waals surface area contributed by atoms with E-state index in [1.165, 1.54) is 0 Å². The van der Waals surface area contributed by atoms with Crippen molar-refractivity contribution in [2.24, 2.45) is 0 Å². The molecule has 8 heteroatoms. The molecule has 1 amide bonds. The Bertz CT molecular complexity index is 999. The standard InChI is InChI=1S/C21H21BrN4O3/c1-28-18-7-3-5-16(13-18)21(27)26-10-8-25(9-11-26)14-19-23-20(24-29-19)15-4-2-6-17(22)12-15/h2-7,12-13H,8-11,14H2,1H3. The maximum absolute atomic E-state index is 12.7. The zero-order valence-corrected chi connectivity index (χ0v) is 17.6. The van der Waals surface area contributed by atoms with Crippen molar-refractivity contribution >= 4 is 21.8 Å². The van der Waals surface area contributed by atoms with E-state index in [1.54, 1.807) is 13.2 Å². The number of rotatable bonds is 5. The molecular weight excluding hydrogens is 436 g/mol. The SMILES string of the molecule is COc1cccc(C(=O)N2CCN(Cc3nc(-c4cccc(Br)c4)no3)CC2)c1. The maximum atomic E-state index is 12.7. The molecule has 0 saturated carbocycles. The molecular formula is C21H21BrN4O3. The van der Waals surface area contributed by atoms with E-state index in [0.717, 1.165) is 23.1 Å². The summed E-state index contributed by atoms with van der Waals surface area (Å²) < 4.78 is 11.6. The maximum Gasteiger partial charge on any atom is 0.254 e. The van der Waals surface area contributed by atoms with Crippen LogP contribution in [0.15, 0.2) is 57.5 Å². The summed E-state index contributed by atoms with van der Waals surface area (Å²) in [5.41, 5.74) is 1.55. The van der Waals surface area contributed by atoms with Gasteiger partial charge in [-0.2, -0.15) is 4.98 Å². The second kappa shape index (κ2) is 8.75. The van der Waals surface area contributed by atoms with Crippen molar-refractivity contribution in [2.75, 3.05) is 33.3 Å². The lowest BCUT2D eigenvalue weighted by Crippen LogP contribution is -2.48. The van der Waals surface area contributed by atoms with Crippen LogP contribution in [0.1, 0.15) is 16.2 Å². The van der Waals surface area contributed by atoms with Gasteiger partial charge in [0.05, 0.1) is 13.7 Å². The normalized spacial score (nSPS) is 14.8. The molecule has 29 heavy (non-hydrogen) atoms. The van der Waals surface area contributed by atoms with E-state index in [4.69, 9.17) is 9.26 Å². The van der Waals surface area contributed by atoms with E-state index in [2.05, 4.69) is 31.0 Å². The van der Waals surface area contributed by atoms with E-state index in [0.29, 0.717) is 42.7 Å².